The van der Waals surface area contributed by atoms with E-state index in [-0.39, 0.29) is 17.7 Å². The van der Waals surface area contributed by atoms with Gasteiger partial charge < -0.3 is 15.3 Å². The summed E-state index contributed by atoms with van der Waals surface area (Å²) in [6.45, 7) is 3.32. The zero-order chi connectivity index (χ0) is 13.8. The van der Waals surface area contributed by atoms with Crippen molar-refractivity contribution in [3.8, 4) is 0 Å². The van der Waals surface area contributed by atoms with E-state index in [9.17, 15) is 14.9 Å². The van der Waals surface area contributed by atoms with E-state index in [1.165, 1.54) is 6.07 Å². The zero-order valence-electron chi connectivity index (χ0n) is 10.3. The number of nitro benzene ring substituents is 1. The summed E-state index contributed by atoms with van der Waals surface area (Å²) in [5.41, 5.74) is 0.943. The van der Waals surface area contributed by atoms with Gasteiger partial charge in [0.15, 0.2) is 0 Å². The van der Waals surface area contributed by atoms with Crippen LogP contribution in [0.15, 0.2) is 18.2 Å². The molecule has 0 atom stereocenters. The molecule has 0 amide bonds. The first-order chi connectivity index (χ1) is 9.08. The van der Waals surface area contributed by atoms with Crippen molar-refractivity contribution in [2.45, 2.75) is 6.42 Å². The number of aliphatic carboxylic acids is 1. The number of carboxylic acid groups (broad SMARTS) is 1. The monoisotopic (exact) mass is 265 g/mol. The molecule has 2 rings (SSSR count). The number of hydrogen-bond donors (Lipinski definition) is 2. The Morgan fingerprint density at radius 3 is 2.68 bits per heavy atom. The molecule has 19 heavy (non-hydrogen) atoms. The third-order valence-electron chi connectivity index (χ3n) is 3.08. The topological polar surface area (TPSA) is 95.7 Å². The van der Waals surface area contributed by atoms with E-state index in [2.05, 4.69) is 10.2 Å². The summed E-state index contributed by atoms with van der Waals surface area (Å²) >= 11 is 0. The average molecular weight is 265 g/mol. The predicted octanol–water partition coefficient (Wildman–Crippen LogP) is 0.632. The molecular weight excluding hydrogens is 250 g/mol. The van der Waals surface area contributed by atoms with E-state index < -0.39 is 10.9 Å². The number of anilines is 1. The standard InChI is InChI=1S/C12H15N3O4/c16-12(17)8-9-7-10(1-2-11(9)15(18)19)14-5-3-13-4-6-14/h1-2,7,13H,3-6,8H2,(H,16,17). The van der Waals surface area contributed by atoms with Gasteiger partial charge in [0.1, 0.15) is 0 Å². The van der Waals surface area contributed by atoms with Crippen LogP contribution in [-0.2, 0) is 11.2 Å². The lowest BCUT2D eigenvalue weighted by atomic mass is 10.1. The van der Waals surface area contributed by atoms with Gasteiger partial charge in [-0.15, -0.1) is 0 Å². The highest BCUT2D eigenvalue weighted by Gasteiger charge is 2.19. The van der Waals surface area contributed by atoms with Gasteiger partial charge in [-0.05, 0) is 12.1 Å². The predicted molar refractivity (Wildman–Crippen MR) is 69.5 cm³/mol. The quantitative estimate of drug-likeness (QED) is 0.612. The van der Waals surface area contributed by atoms with E-state index in [1.807, 2.05) is 0 Å². The van der Waals surface area contributed by atoms with Crippen molar-refractivity contribution >= 4 is 17.3 Å². The van der Waals surface area contributed by atoms with Crippen molar-refractivity contribution in [2.24, 2.45) is 0 Å². The van der Waals surface area contributed by atoms with Gasteiger partial charge in [0.2, 0.25) is 0 Å². The van der Waals surface area contributed by atoms with E-state index in [0.717, 1.165) is 31.9 Å². The van der Waals surface area contributed by atoms with Crippen molar-refractivity contribution in [1.29, 1.82) is 0 Å². The summed E-state index contributed by atoms with van der Waals surface area (Å²) in [7, 11) is 0. The summed E-state index contributed by atoms with van der Waals surface area (Å²) in [4.78, 5) is 23.2. The van der Waals surface area contributed by atoms with Crippen molar-refractivity contribution in [2.75, 3.05) is 31.1 Å². The van der Waals surface area contributed by atoms with Crippen LogP contribution in [0.3, 0.4) is 0 Å². The average Bonchev–Trinajstić information content (AvgIpc) is 2.38. The van der Waals surface area contributed by atoms with Crippen LogP contribution in [0.2, 0.25) is 0 Å². The van der Waals surface area contributed by atoms with Crippen LogP contribution in [0.4, 0.5) is 11.4 Å². The van der Waals surface area contributed by atoms with Gasteiger partial charge in [0.25, 0.3) is 5.69 Å². The Hall–Kier alpha value is -2.15. The minimum absolute atomic E-state index is 0.138. The smallest absolute Gasteiger partial charge is 0.308 e. The maximum Gasteiger partial charge on any atom is 0.308 e. The summed E-state index contributed by atoms with van der Waals surface area (Å²) in [5, 5.41) is 22.9. The first kappa shape index (κ1) is 13.3. The van der Waals surface area contributed by atoms with Crippen LogP contribution in [0.1, 0.15) is 5.56 Å². The van der Waals surface area contributed by atoms with Gasteiger partial charge in [-0.25, -0.2) is 0 Å². The molecule has 0 bridgehead atoms. The number of carbonyl (C=O) groups is 1. The van der Waals surface area contributed by atoms with Gasteiger partial charge in [-0.3, -0.25) is 14.9 Å². The molecule has 0 unspecified atom stereocenters. The second kappa shape index (κ2) is 5.66. The Balaban J connectivity index is 2.31. The third-order valence-corrected chi connectivity index (χ3v) is 3.08. The number of nitrogens with zero attached hydrogens (tertiary/aromatic N) is 2. The Morgan fingerprint density at radius 1 is 1.42 bits per heavy atom. The first-order valence-electron chi connectivity index (χ1n) is 6.02. The molecule has 1 heterocycles. The van der Waals surface area contributed by atoms with Crippen LogP contribution >= 0.6 is 0 Å². The van der Waals surface area contributed by atoms with Crippen molar-refractivity contribution in [3.63, 3.8) is 0 Å². The Labute approximate surface area is 110 Å². The first-order valence-corrected chi connectivity index (χ1v) is 6.02. The molecule has 1 aliphatic heterocycles. The molecule has 1 aromatic rings. The lowest BCUT2D eigenvalue weighted by Crippen LogP contribution is -2.43. The molecule has 0 radical (unpaired) electrons. The van der Waals surface area contributed by atoms with Crippen LogP contribution in [0.25, 0.3) is 0 Å². The Morgan fingerprint density at radius 2 is 2.11 bits per heavy atom. The van der Waals surface area contributed by atoms with Crippen LogP contribution in [0, 0.1) is 10.1 Å². The number of hydrogen-bond acceptors (Lipinski definition) is 5. The fraction of sp³-hybridized carbons (Fsp3) is 0.417. The molecule has 0 spiro atoms. The highest BCUT2D eigenvalue weighted by Crippen LogP contribution is 2.25. The molecule has 102 valence electrons. The molecule has 0 saturated carbocycles. The molecule has 0 aliphatic carbocycles. The Kier molecular flexibility index (Phi) is 3.96. The Bertz CT molecular complexity index is 498. The molecule has 0 aromatic heterocycles. The van der Waals surface area contributed by atoms with E-state index in [4.69, 9.17) is 5.11 Å². The number of piperazine rings is 1. The minimum Gasteiger partial charge on any atom is -0.481 e. The molecule has 1 aliphatic rings. The normalized spacial score (nSPS) is 15.3. The second-order valence-corrected chi connectivity index (χ2v) is 4.38. The number of nitrogens with one attached hydrogen (secondary N) is 1. The maximum absolute atomic E-state index is 10.9. The highest BCUT2D eigenvalue weighted by molar-refractivity contribution is 5.73. The maximum atomic E-state index is 10.9. The summed E-state index contributed by atoms with van der Waals surface area (Å²) < 4.78 is 0. The molecule has 1 aromatic carbocycles. The number of nitro groups is 1. The van der Waals surface area contributed by atoms with Crippen molar-refractivity contribution in [1.82, 2.24) is 5.32 Å². The molecule has 7 heteroatoms. The summed E-state index contributed by atoms with van der Waals surface area (Å²) in [5.74, 6) is -1.07. The van der Waals surface area contributed by atoms with Gasteiger partial charge in [-0.2, -0.15) is 0 Å². The fourth-order valence-corrected chi connectivity index (χ4v) is 2.17. The van der Waals surface area contributed by atoms with Crippen LogP contribution in [-0.4, -0.2) is 42.2 Å². The van der Waals surface area contributed by atoms with Crippen LogP contribution in [0.5, 0.6) is 0 Å². The molecule has 2 N–H and O–H groups in total. The van der Waals surface area contributed by atoms with Crippen molar-refractivity contribution < 1.29 is 14.8 Å². The summed E-state index contributed by atoms with van der Waals surface area (Å²) in [6.07, 6.45) is -0.337. The van der Waals surface area contributed by atoms with Gasteiger partial charge in [-0.1, -0.05) is 0 Å². The van der Waals surface area contributed by atoms with E-state index in [1.54, 1.807) is 12.1 Å². The zero-order valence-corrected chi connectivity index (χ0v) is 10.3. The SMILES string of the molecule is O=C(O)Cc1cc(N2CCNCC2)ccc1[N+](=O)[O-]. The fourth-order valence-electron chi connectivity index (χ4n) is 2.17. The lowest BCUT2D eigenvalue weighted by Gasteiger charge is -2.29. The minimum atomic E-state index is -1.07. The van der Waals surface area contributed by atoms with Gasteiger partial charge in [0.05, 0.1) is 11.3 Å². The van der Waals surface area contributed by atoms with Crippen LogP contribution < -0.4 is 10.2 Å². The van der Waals surface area contributed by atoms with Crippen molar-refractivity contribution in [3.05, 3.63) is 33.9 Å². The lowest BCUT2D eigenvalue weighted by molar-refractivity contribution is -0.385. The number of rotatable bonds is 4. The highest BCUT2D eigenvalue weighted by atomic mass is 16.6. The van der Waals surface area contributed by atoms with E-state index in [0.29, 0.717) is 0 Å². The molecule has 7 nitrogen and oxygen atoms in total. The molecule has 1 saturated heterocycles. The summed E-state index contributed by atoms with van der Waals surface area (Å²) in [6, 6.07) is 4.67. The number of carboxylic acids is 1. The third kappa shape index (κ3) is 3.19. The van der Waals surface area contributed by atoms with Gasteiger partial charge in [0, 0.05) is 43.5 Å². The molecule has 1 fully saturated rings. The van der Waals surface area contributed by atoms with E-state index >= 15 is 0 Å². The number of benzene rings is 1. The molecular formula is C12H15N3O4. The van der Waals surface area contributed by atoms with Gasteiger partial charge >= 0.3 is 5.97 Å². The second-order valence-electron chi connectivity index (χ2n) is 4.38. The largest absolute Gasteiger partial charge is 0.481 e.